The van der Waals surface area contributed by atoms with Crippen molar-refractivity contribution in [2.24, 2.45) is 0 Å². The predicted molar refractivity (Wildman–Crippen MR) is 112 cm³/mol. The van der Waals surface area contributed by atoms with Gasteiger partial charge in [0.25, 0.3) is 0 Å². The third-order valence-electron chi connectivity index (χ3n) is 5.30. The third-order valence-corrected chi connectivity index (χ3v) is 5.30. The molecular weight excluding hydrogens is 382 g/mol. The molecule has 0 aliphatic carbocycles. The lowest BCUT2D eigenvalue weighted by atomic mass is 9.90. The highest BCUT2D eigenvalue weighted by Crippen LogP contribution is 2.32. The number of alkyl carbamates (subject to hydrolysis) is 1. The minimum absolute atomic E-state index is 0.0515. The summed E-state index contributed by atoms with van der Waals surface area (Å²) in [5.74, 6) is 0.577. The minimum atomic E-state index is -0.431. The molecule has 0 bridgehead atoms. The Morgan fingerprint density at radius 2 is 1.87 bits per heavy atom. The summed E-state index contributed by atoms with van der Waals surface area (Å²) in [6.07, 6.45) is 1.33. The van der Waals surface area contributed by atoms with Gasteiger partial charge in [-0.05, 0) is 30.5 Å². The van der Waals surface area contributed by atoms with Crippen LogP contribution >= 0.6 is 0 Å². The number of likely N-dealkylation sites (tertiary alicyclic amines) is 1. The van der Waals surface area contributed by atoms with Crippen molar-refractivity contribution in [3.8, 4) is 0 Å². The van der Waals surface area contributed by atoms with Gasteiger partial charge in [-0.1, -0.05) is 60.7 Å². The van der Waals surface area contributed by atoms with Crippen LogP contribution in [0.2, 0.25) is 0 Å². The molecule has 0 saturated carbocycles. The number of hydrogen-bond acceptors (Lipinski definition) is 5. The van der Waals surface area contributed by atoms with E-state index in [9.17, 15) is 9.59 Å². The van der Waals surface area contributed by atoms with E-state index in [0.29, 0.717) is 12.4 Å². The summed E-state index contributed by atoms with van der Waals surface area (Å²) in [6.45, 7) is 1.55. The third kappa shape index (κ3) is 4.96. The van der Waals surface area contributed by atoms with Crippen molar-refractivity contribution in [2.75, 3.05) is 6.54 Å². The number of hydrogen-bond donors (Lipinski definition) is 3. The first kappa shape index (κ1) is 19.9. The van der Waals surface area contributed by atoms with Crippen LogP contribution in [0.25, 0.3) is 0 Å². The summed E-state index contributed by atoms with van der Waals surface area (Å²) < 4.78 is 5.44. The lowest BCUT2D eigenvalue weighted by Gasteiger charge is -2.41. The molecule has 1 saturated heterocycles. The first-order chi connectivity index (χ1) is 14.7. The Morgan fingerprint density at radius 1 is 1.13 bits per heavy atom. The topological polar surface area (TPSA) is 103 Å². The summed E-state index contributed by atoms with van der Waals surface area (Å²) in [5.41, 5.74) is 1.72. The molecule has 30 heavy (non-hydrogen) atoms. The summed E-state index contributed by atoms with van der Waals surface area (Å²) in [7, 11) is 0. The number of carbonyl (C=O) groups is 1. The van der Waals surface area contributed by atoms with E-state index in [-0.39, 0.29) is 24.4 Å². The van der Waals surface area contributed by atoms with E-state index in [1.807, 2.05) is 48.5 Å². The minimum Gasteiger partial charge on any atom is -0.445 e. The van der Waals surface area contributed by atoms with Gasteiger partial charge in [-0.25, -0.2) is 14.7 Å². The van der Waals surface area contributed by atoms with Crippen LogP contribution < -0.4 is 11.0 Å². The number of nitrogens with one attached hydrogen (secondary N) is 3. The second-order valence-electron chi connectivity index (χ2n) is 7.41. The van der Waals surface area contributed by atoms with Crippen molar-refractivity contribution < 1.29 is 9.53 Å². The maximum atomic E-state index is 12.5. The first-order valence-corrected chi connectivity index (χ1v) is 10.1. The Kier molecular flexibility index (Phi) is 6.24. The molecule has 0 radical (unpaired) electrons. The monoisotopic (exact) mass is 407 g/mol. The van der Waals surface area contributed by atoms with Crippen LogP contribution in [0.3, 0.4) is 0 Å². The van der Waals surface area contributed by atoms with Crippen molar-refractivity contribution in [3.63, 3.8) is 0 Å². The summed E-state index contributed by atoms with van der Waals surface area (Å²) in [5, 5.41) is 9.51. The van der Waals surface area contributed by atoms with Gasteiger partial charge in [0.1, 0.15) is 12.4 Å². The molecule has 4 rings (SSSR count). The Bertz CT molecular complexity index is 1000. The van der Waals surface area contributed by atoms with E-state index in [1.165, 1.54) is 0 Å². The fourth-order valence-corrected chi connectivity index (χ4v) is 3.98. The second-order valence-corrected chi connectivity index (χ2v) is 7.41. The van der Waals surface area contributed by atoms with Crippen LogP contribution in [-0.2, 0) is 17.9 Å². The molecule has 2 atom stereocenters. The van der Waals surface area contributed by atoms with Crippen LogP contribution in [-0.4, -0.2) is 38.8 Å². The lowest BCUT2D eigenvalue weighted by molar-refractivity contribution is 0.0866. The standard InChI is InChI=1S/C22H25N5O3/c28-21-24-19(25-26-21)14-27-13-7-12-18(20(27)17-10-5-2-6-11-17)23-22(29)30-15-16-8-3-1-4-9-16/h1-6,8-11,18,20H,7,12-15H2,(H,23,29)(H2,24,25,26,28)/t18-,20-/m0/s1. The molecule has 3 N–H and O–H groups in total. The van der Waals surface area contributed by atoms with Crippen LogP contribution in [0.1, 0.15) is 35.8 Å². The number of aromatic amines is 2. The van der Waals surface area contributed by atoms with Gasteiger partial charge in [-0.2, -0.15) is 5.10 Å². The second kappa shape index (κ2) is 9.41. The quantitative estimate of drug-likeness (QED) is 0.583. The van der Waals surface area contributed by atoms with Crippen LogP contribution in [0.15, 0.2) is 65.5 Å². The number of rotatable bonds is 6. The molecule has 2 heterocycles. The Labute approximate surface area is 174 Å². The summed E-state index contributed by atoms with van der Waals surface area (Å²) in [4.78, 5) is 28.9. The maximum absolute atomic E-state index is 12.5. The molecule has 1 fully saturated rings. The molecule has 1 aromatic heterocycles. The molecular formula is C22H25N5O3. The van der Waals surface area contributed by atoms with Gasteiger partial charge in [0.15, 0.2) is 0 Å². The van der Waals surface area contributed by atoms with Gasteiger partial charge in [-0.15, -0.1) is 0 Å². The van der Waals surface area contributed by atoms with Gasteiger partial charge in [0.2, 0.25) is 0 Å². The molecule has 8 heteroatoms. The molecule has 3 aromatic rings. The van der Waals surface area contributed by atoms with Crippen LogP contribution in [0.4, 0.5) is 4.79 Å². The average molecular weight is 407 g/mol. The van der Waals surface area contributed by atoms with E-state index in [2.05, 4.69) is 37.5 Å². The maximum Gasteiger partial charge on any atom is 0.407 e. The highest BCUT2D eigenvalue weighted by molar-refractivity contribution is 5.67. The molecule has 1 amide bonds. The Morgan fingerprint density at radius 3 is 2.57 bits per heavy atom. The highest BCUT2D eigenvalue weighted by atomic mass is 16.5. The van der Waals surface area contributed by atoms with Gasteiger partial charge in [0, 0.05) is 0 Å². The smallest absolute Gasteiger partial charge is 0.407 e. The molecule has 0 spiro atoms. The van der Waals surface area contributed by atoms with Gasteiger partial charge < -0.3 is 10.1 Å². The Hall–Kier alpha value is -3.39. The molecule has 1 aliphatic heterocycles. The summed E-state index contributed by atoms with van der Waals surface area (Å²) in [6, 6.07) is 19.5. The number of piperidine rings is 1. The van der Waals surface area contributed by atoms with Crippen LogP contribution in [0.5, 0.6) is 0 Å². The number of aromatic nitrogens is 3. The normalized spacial score (nSPS) is 19.3. The fourth-order valence-electron chi connectivity index (χ4n) is 3.98. The highest BCUT2D eigenvalue weighted by Gasteiger charge is 2.34. The molecule has 156 valence electrons. The van der Waals surface area contributed by atoms with Crippen molar-refractivity contribution in [2.45, 2.75) is 38.1 Å². The Balaban J connectivity index is 1.48. The predicted octanol–water partition coefficient (Wildman–Crippen LogP) is 2.73. The van der Waals surface area contributed by atoms with Crippen molar-refractivity contribution in [1.82, 2.24) is 25.4 Å². The van der Waals surface area contributed by atoms with Gasteiger partial charge in [0.05, 0.1) is 18.6 Å². The molecule has 2 aromatic carbocycles. The SMILES string of the molecule is O=C(N[C@H]1CCCN(Cc2n[nH]c(=O)[nH]2)[C@H]1c1ccccc1)OCc1ccccc1. The number of benzene rings is 2. The van der Waals surface area contributed by atoms with E-state index < -0.39 is 6.09 Å². The zero-order valence-corrected chi connectivity index (χ0v) is 16.6. The van der Waals surface area contributed by atoms with Crippen molar-refractivity contribution in [1.29, 1.82) is 0 Å². The van der Waals surface area contributed by atoms with E-state index >= 15 is 0 Å². The molecule has 1 aliphatic rings. The largest absolute Gasteiger partial charge is 0.445 e. The molecule has 0 unspecified atom stereocenters. The van der Waals surface area contributed by atoms with Crippen LogP contribution in [0, 0.1) is 0 Å². The first-order valence-electron chi connectivity index (χ1n) is 10.1. The summed E-state index contributed by atoms with van der Waals surface area (Å²) >= 11 is 0. The zero-order valence-electron chi connectivity index (χ0n) is 16.6. The van der Waals surface area contributed by atoms with Crippen molar-refractivity contribution >= 4 is 6.09 Å². The lowest BCUT2D eigenvalue weighted by Crippen LogP contribution is -2.50. The van der Waals surface area contributed by atoms with E-state index in [1.54, 1.807) is 0 Å². The van der Waals surface area contributed by atoms with Gasteiger partial charge in [-0.3, -0.25) is 9.88 Å². The number of ether oxygens (including phenoxy) is 1. The zero-order chi connectivity index (χ0) is 20.8. The van der Waals surface area contributed by atoms with E-state index in [0.717, 1.165) is 30.5 Å². The number of amides is 1. The molecule has 8 nitrogen and oxygen atoms in total. The fraction of sp³-hybridized carbons (Fsp3) is 0.318. The van der Waals surface area contributed by atoms with Crippen molar-refractivity contribution in [3.05, 3.63) is 88.1 Å². The van der Waals surface area contributed by atoms with Gasteiger partial charge >= 0.3 is 11.8 Å². The number of H-pyrrole nitrogens is 2. The van der Waals surface area contributed by atoms with E-state index in [4.69, 9.17) is 4.74 Å². The average Bonchev–Trinajstić information content (AvgIpc) is 3.18. The number of nitrogens with zero attached hydrogens (tertiary/aromatic N) is 2. The number of carbonyl (C=O) groups excluding carboxylic acids is 1.